The van der Waals surface area contributed by atoms with Crippen LogP contribution in [0.25, 0.3) is 11.0 Å². The molecule has 2 atom stereocenters. The molecular weight excluding hydrogens is 374 g/mol. The molecule has 1 amide bonds. The molecule has 3 aliphatic rings. The van der Waals surface area contributed by atoms with Gasteiger partial charge in [-0.3, -0.25) is 9.79 Å². The number of amides is 1. The second-order valence-electron chi connectivity index (χ2n) is 9.70. The molecule has 6 heteroatoms. The predicted molar refractivity (Wildman–Crippen MR) is 116 cm³/mol. The summed E-state index contributed by atoms with van der Waals surface area (Å²) in [5.74, 6) is 0.135. The number of nitrogens with zero attached hydrogens (tertiary/aromatic N) is 4. The maximum absolute atomic E-state index is 13.6. The Hall–Kier alpha value is -3.02. The van der Waals surface area contributed by atoms with Gasteiger partial charge < -0.3 is 4.90 Å². The number of carbonyl (C=O) groups excluding carboxylic acids is 1. The Labute approximate surface area is 175 Å². The minimum absolute atomic E-state index is 0.0130. The predicted octanol–water partition coefficient (Wildman–Crippen LogP) is 3.97. The van der Waals surface area contributed by atoms with Crippen molar-refractivity contribution in [1.82, 2.24) is 20.3 Å². The third kappa shape index (κ3) is 2.19. The quantitative estimate of drug-likeness (QED) is 0.673. The summed E-state index contributed by atoms with van der Waals surface area (Å²) in [5.41, 5.74) is 7.32. The SMILES string of the molecule is CC1(C)[C@H]2Cc3cc4n[nH]nc4cc3[C@]1(C)CCN2C(=O)c1ccc2c(c1)CC=N2. The van der Waals surface area contributed by atoms with Crippen molar-refractivity contribution < 1.29 is 4.79 Å². The number of hydrogen-bond donors (Lipinski definition) is 1. The lowest BCUT2D eigenvalue weighted by atomic mass is 9.51. The first kappa shape index (κ1) is 17.8. The number of nitrogens with one attached hydrogen (secondary N) is 1. The molecule has 1 aliphatic carbocycles. The minimum Gasteiger partial charge on any atom is -0.335 e. The van der Waals surface area contributed by atoms with Gasteiger partial charge in [-0.1, -0.05) is 20.8 Å². The molecule has 6 nitrogen and oxygen atoms in total. The van der Waals surface area contributed by atoms with Crippen molar-refractivity contribution in [2.45, 2.75) is 51.5 Å². The Morgan fingerprint density at radius 2 is 1.90 bits per heavy atom. The van der Waals surface area contributed by atoms with Gasteiger partial charge in [-0.05, 0) is 65.3 Å². The highest BCUT2D eigenvalue weighted by molar-refractivity contribution is 5.96. The molecule has 1 saturated heterocycles. The molecule has 6 rings (SSSR count). The van der Waals surface area contributed by atoms with Crippen LogP contribution < -0.4 is 0 Å². The van der Waals surface area contributed by atoms with Gasteiger partial charge in [0.2, 0.25) is 0 Å². The summed E-state index contributed by atoms with van der Waals surface area (Å²) in [5, 5.41) is 11.3. The summed E-state index contributed by atoms with van der Waals surface area (Å²) < 4.78 is 0. The van der Waals surface area contributed by atoms with Gasteiger partial charge >= 0.3 is 0 Å². The van der Waals surface area contributed by atoms with Crippen LogP contribution in [-0.2, 0) is 18.3 Å². The van der Waals surface area contributed by atoms with Crippen molar-refractivity contribution in [1.29, 1.82) is 0 Å². The number of carbonyl (C=O) groups is 1. The number of fused-ring (bicyclic) bond motifs is 6. The van der Waals surface area contributed by atoms with Crippen LogP contribution in [0.15, 0.2) is 35.3 Å². The van der Waals surface area contributed by atoms with Crippen LogP contribution in [0.4, 0.5) is 5.69 Å². The highest BCUT2D eigenvalue weighted by Crippen LogP contribution is 2.56. The molecule has 152 valence electrons. The molecule has 0 unspecified atom stereocenters. The second-order valence-corrected chi connectivity index (χ2v) is 9.70. The number of piperidine rings is 1. The molecule has 1 N–H and O–H groups in total. The van der Waals surface area contributed by atoms with Gasteiger partial charge in [0.1, 0.15) is 11.0 Å². The van der Waals surface area contributed by atoms with Gasteiger partial charge in [0.25, 0.3) is 5.91 Å². The van der Waals surface area contributed by atoms with E-state index in [9.17, 15) is 4.79 Å². The summed E-state index contributed by atoms with van der Waals surface area (Å²) in [6.45, 7) is 7.78. The lowest BCUT2D eigenvalue weighted by Crippen LogP contribution is -2.64. The molecule has 1 aromatic heterocycles. The van der Waals surface area contributed by atoms with Crippen molar-refractivity contribution in [2.75, 3.05) is 6.54 Å². The number of aliphatic imine (C=N–C) groups is 1. The van der Waals surface area contributed by atoms with Gasteiger partial charge in [0.15, 0.2) is 0 Å². The second kappa shape index (κ2) is 5.78. The van der Waals surface area contributed by atoms with E-state index < -0.39 is 0 Å². The molecule has 0 radical (unpaired) electrons. The van der Waals surface area contributed by atoms with Crippen LogP contribution in [0.1, 0.15) is 54.2 Å². The minimum atomic E-state index is -0.0504. The first-order chi connectivity index (χ1) is 14.4. The first-order valence-electron chi connectivity index (χ1n) is 10.7. The fraction of sp³-hybridized carbons (Fsp3) is 0.417. The smallest absolute Gasteiger partial charge is 0.254 e. The highest BCUT2D eigenvalue weighted by atomic mass is 16.2. The van der Waals surface area contributed by atoms with E-state index in [2.05, 4.69) is 58.2 Å². The summed E-state index contributed by atoms with van der Waals surface area (Å²) in [6, 6.07) is 10.5. The van der Waals surface area contributed by atoms with E-state index in [1.165, 1.54) is 11.1 Å². The monoisotopic (exact) mass is 399 g/mol. The molecule has 2 aromatic carbocycles. The summed E-state index contributed by atoms with van der Waals surface area (Å²) in [4.78, 5) is 20.1. The van der Waals surface area contributed by atoms with Crippen LogP contribution in [0.5, 0.6) is 0 Å². The van der Waals surface area contributed by atoms with Crippen molar-refractivity contribution in [2.24, 2.45) is 10.4 Å². The van der Waals surface area contributed by atoms with E-state index in [0.717, 1.165) is 53.7 Å². The van der Waals surface area contributed by atoms with E-state index >= 15 is 0 Å². The number of rotatable bonds is 1. The maximum Gasteiger partial charge on any atom is 0.254 e. The fourth-order valence-electron chi connectivity index (χ4n) is 5.91. The van der Waals surface area contributed by atoms with Crippen molar-refractivity contribution in [3.8, 4) is 0 Å². The van der Waals surface area contributed by atoms with Gasteiger partial charge in [0, 0.05) is 36.2 Å². The molecule has 30 heavy (non-hydrogen) atoms. The number of likely N-dealkylation sites (tertiary alicyclic amines) is 1. The zero-order chi connectivity index (χ0) is 20.7. The molecule has 3 aromatic rings. The van der Waals surface area contributed by atoms with Crippen LogP contribution in [-0.4, -0.2) is 45.0 Å². The molecule has 2 aliphatic heterocycles. The van der Waals surface area contributed by atoms with Crippen molar-refractivity contribution in [3.63, 3.8) is 0 Å². The number of aromatic nitrogens is 3. The Morgan fingerprint density at radius 3 is 2.73 bits per heavy atom. The van der Waals surface area contributed by atoms with Gasteiger partial charge in [-0.2, -0.15) is 15.4 Å². The van der Waals surface area contributed by atoms with E-state index in [1.807, 2.05) is 24.4 Å². The normalized spacial score (nSPS) is 26.0. The lowest BCUT2D eigenvalue weighted by Gasteiger charge is -2.60. The van der Waals surface area contributed by atoms with Gasteiger partial charge in [-0.15, -0.1) is 0 Å². The first-order valence-corrected chi connectivity index (χ1v) is 10.7. The third-order valence-electron chi connectivity index (χ3n) is 8.16. The highest BCUT2D eigenvalue weighted by Gasteiger charge is 2.57. The summed E-state index contributed by atoms with van der Waals surface area (Å²) >= 11 is 0. The summed E-state index contributed by atoms with van der Waals surface area (Å²) in [6.07, 6.45) is 4.51. The molecule has 0 saturated carbocycles. The third-order valence-corrected chi connectivity index (χ3v) is 8.16. The Kier molecular flexibility index (Phi) is 3.43. The number of hydrogen-bond acceptors (Lipinski definition) is 4. The van der Waals surface area contributed by atoms with Crippen LogP contribution in [0, 0.1) is 5.41 Å². The Bertz CT molecular complexity index is 1240. The zero-order valence-corrected chi connectivity index (χ0v) is 17.6. The molecule has 1 fully saturated rings. The lowest BCUT2D eigenvalue weighted by molar-refractivity contribution is -0.0261. The van der Waals surface area contributed by atoms with Crippen molar-refractivity contribution >= 4 is 28.8 Å². The van der Waals surface area contributed by atoms with Crippen LogP contribution in [0.3, 0.4) is 0 Å². The Balaban J connectivity index is 1.42. The van der Waals surface area contributed by atoms with Crippen LogP contribution in [0.2, 0.25) is 0 Å². The maximum atomic E-state index is 13.6. The molecular formula is C24H25N5O. The van der Waals surface area contributed by atoms with Crippen molar-refractivity contribution in [3.05, 3.63) is 52.6 Å². The zero-order valence-electron chi connectivity index (χ0n) is 17.6. The average Bonchev–Trinajstić information content (AvgIpc) is 3.37. The number of benzene rings is 2. The fourth-order valence-corrected chi connectivity index (χ4v) is 5.91. The molecule has 0 spiro atoms. The molecule has 3 heterocycles. The topological polar surface area (TPSA) is 74.2 Å². The number of aromatic amines is 1. The van der Waals surface area contributed by atoms with E-state index in [4.69, 9.17) is 0 Å². The standard InChI is InChI=1S/C24H25N5O/c1-23(2)21-12-16-11-19-20(27-28-26-19)13-17(16)24(23,3)7-9-29(21)22(30)15-4-5-18-14(10-15)6-8-25-18/h4-5,8,10-11,13,21H,6-7,9,12H2,1-3H3,(H,26,27,28)/t21-,24+/m1/s1. The molecule has 2 bridgehead atoms. The largest absolute Gasteiger partial charge is 0.335 e. The Morgan fingerprint density at radius 1 is 1.10 bits per heavy atom. The summed E-state index contributed by atoms with van der Waals surface area (Å²) in [7, 11) is 0. The van der Waals surface area contributed by atoms with E-state index in [1.54, 1.807) is 0 Å². The average molecular weight is 399 g/mol. The van der Waals surface area contributed by atoms with E-state index in [0.29, 0.717) is 0 Å². The van der Waals surface area contributed by atoms with Crippen LogP contribution >= 0.6 is 0 Å². The van der Waals surface area contributed by atoms with E-state index in [-0.39, 0.29) is 22.8 Å². The van der Waals surface area contributed by atoms with Gasteiger partial charge in [-0.25, -0.2) is 0 Å². The number of H-pyrrole nitrogens is 1. The van der Waals surface area contributed by atoms with Gasteiger partial charge in [0.05, 0.1) is 5.69 Å².